The molecule has 15 heteroatoms. The number of nitrogens with zero attached hydrogens (tertiary/aromatic N) is 3. The van der Waals surface area contributed by atoms with Crippen molar-refractivity contribution in [2.45, 2.75) is 23.9 Å². The molecule has 0 aliphatic carbocycles. The van der Waals surface area contributed by atoms with Crippen LogP contribution in [0.2, 0.25) is 4.34 Å². The normalized spacial score (nSPS) is 13.2. The second kappa shape index (κ2) is 10.1. The third kappa shape index (κ3) is 5.77. The average molecular weight is 555 g/mol. The van der Waals surface area contributed by atoms with Crippen LogP contribution in [-0.4, -0.2) is 43.3 Å². The van der Waals surface area contributed by atoms with Gasteiger partial charge in [-0.15, -0.1) is 11.3 Å². The molecule has 0 aromatic carbocycles. The van der Waals surface area contributed by atoms with E-state index in [2.05, 4.69) is 20.4 Å². The number of hydrogen-bond donors (Lipinski definition) is 1. The fraction of sp³-hybridized carbons (Fsp3) is 0.250. The maximum absolute atomic E-state index is 13.5. The Kier molecular flexibility index (Phi) is 7.79. The molecule has 3 aromatic rings. The van der Waals surface area contributed by atoms with E-state index < -0.39 is 27.5 Å². The molecular weight excluding hydrogens is 539 g/mol. The van der Waals surface area contributed by atoms with Gasteiger partial charge in [-0.05, 0) is 30.3 Å². The highest BCUT2D eigenvalue weighted by Crippen LogP contribution is 2.43. The maximum atomic E-state index is 13.5. The van der Waals surface area contributed by atoms with Gasteiger partial charge in [0.25, 0.3) is 0 Å². The first kappa shape index (κ1) is 26.9. The number of hydrogen-bond acceptors (Lipinski definition) is 7. The van der Waals surface area contributed by atoms with Crippen LogP contribution in [0.5, 0.6) is 0 Å². The van der Waals surface area contributed by atoms with Crippen molar-refractivity contribution in [2.75, 3.05) is 12.9 Å². The van der Waals surface area contributed by atoms with Gasteiger partial charge in [0, 0.05) is 28.4 Å². The van der Waals surface area contributed by atoms with Crippen molar-refractivity contribution in [3.63, 3.8) is 0 Å². The van der Waals surface area contributed by atoms with Crippen LogP contribution >= 0.6 is 22.9 Å². The molecule has 0 unspecified atom stereocenters. The van der Waals surface area contributed by atoms with E-state index in [1.54, 1.807) is 12.1 Å². The second-order valence-corrected chi connectivity index (χ2v) is 10.8. The fourth-order valence-electron chi connectivity index (χ4n) is 2.76. The zero-order valence-electron chi connectivity index (χ0n) is 17.9. The van der Waals surface area contributed by atoms with Crippen LogP contribution in [0.3, 0.4) is 0 Å². The number of alkyl halides is 5. The highest BCUT2D eigenvalue weighted by Gasteiger charge is 2.58. The SMILES string of the molecule is CCS(=O)(=O)c1cc(-c2ccc(Cl)s2)cnc1C(=Nc1ccc(C(F)(F)C(F)(F)F)cn1)NOC. The molecule has 0 aliphatic heterocycles. The summed E-state index contributed by atoms with van der Waals surface area (Å²) in [6.45, 7) is 1.43. The van der Waals surface area contributed by atoms with E-state index in [-0.39, 0.29) is 28.0 Å². The third-order valence-electron chi connectivity index (χ3n) is 4.54. The standard InChI is InChI=1S/C20H16ClF5N4O3S2/c1-3-35(31,32)14-8-11(13-5-6-15(21)34-13)9-28-17(14)18(30-33-2)29-16-7-4-12(10-27-16)19(22,23)20(24,25)26/h4-10H,3H2,1-2H3,(H,27,29,30). The van der Waals surface area contributed by atoms with Gasteiger partial charge in [0.05, 0.1) is 22.1 Å². The summed E-state index contributed by atoms with van der Waals surface area (Å²) >= 11 is 7.17. The molecule has 0 amide bonds. The lowest BCUT2D eigenvalue weighted by atomic mass is 10.1. The number of aromatic nitrogens is 2. The Morgan fingerprint density at radius 1 is 1.14 bits per heavy atom. The van der Waals surface area contributed by atoms with Crippen molar-refractivity contribution in [3.05, 3.63) is 58.3 Å². The number of halogens is 6. The van der Waals surface area contributed by atoms with E-state index in [0.717, 1.165) is 6.07 Å². The first-order valence-electron chi connectivity index (χ1n) is 9.57. The van der Waals surface area contributed by atoms with Crippen LogP contribution in [0.1, 0.15) is 18.2 Å². The number of hydroxylamine groups is 1. The minimum atomic E-state index is -5.80. The quantitative estimate of drug-likeness (QED) is 0.178. The van der Waals surface area contributed by atoms with Gasteiger partial charge < -0.3 is 0 Å². The van der Waals surface area contributed by atoms with Crippen LogP contribution in [0.15, 0.2) is 52.6 Å². The van der Waals surface area contributed by atoms with Gasteiger partial charge in [0.2, 0.25) is 0 Å². The van der Waals surface area contributed by atoms with Crippen LogP contribution < -0.4 is 5.48 Å². The highest BCUT2D eigenvalue weighted by molar-refractivity contribution is 7.91. The van der Waals surface area contributed by atoms with Crippen LogP contribution in [0.25, 0.3) is 10.4 Å². The van der Waals surface area contributed by atoms with Crippen molar-refractivity contribution >= 4 is 44.4 Å². The lowest BCUT2D eigenvalue weighted by Gasteiger charge is -2.19. The predicted molar refractivity (Wildman–Crippen MR) is 121 cm³/mol. The summed E-state index contributed by atoms with van der Waals surface area (Å²) in [7, 11) is -2.66. The summed E-state index contributed by atoms with van der Waals surface area (Å²) in [5, 5.41) is 0. The lowest BCUT2D eigenvalue weighted by Crippen LogP contribution is -2.33. The molecule has 0 saturated carbocycles. The number of sulfone groups is 1. The van der Waals surface area contributed by atoms with Crippen molar-refractivity contribution < 1.29 is 35.2 Å². The smallest absolute Gasteiger partial charge is 0.278 e. The van der Waals surface area contributed by atoms with Gasteiger partial charge in [-0.2, -0.15) is 22.0 Å². The lowest BCUT2D eigenvalue weighted by molar-refractivity contribution is -0.289. The van der Waals surface area contributed by atoms with Crippen molar-refractivity contribution in [3.8, 4) is 10.4 Å². The maximum Gasteiger partial charge on any atom is 0.458 e. The Hall–Kier alpha value is -2.68. The van der Waals surface area contributed by atoms with E-state index in [1.807, 2.05) is 0 Å². The van der Waals surface area contributed by atoms with E-state index in [0.29, 0.717) is 27.0 Å². The largest absolute Gasteiger partial charge is 0.458 e. The highest BCUT2D eigenvalue weighted by atomic mass is 35.5. The Balaban J connectivity index is 2.11. The molecule has 0 atom stereocenters. The molecule has 0 spiro atoms. The monoisotopic (exact) mass is 554 g/mol. The van der Waals surface area contributed by atoms with Gasteiger partial charge in [-0.25, -0.2) is 23.9 Å². The van der Waals surface area contributed by atoms with Gasteiger partial charge >= 0.3 is 12.1 Å². The number of pyridine rings is 2. The van der Waals surface area contributed by atoms with Gasteiger partial charge in [-0.3, -0.25) is 9.82 Å². The van der Waals surface area contributed by atoms with Gasteiger partial charge in [0.1, 0.15) is 5.69 Å². The Labute approximate surface area is 205 Å². The molecular formula is C20H16ClF5N4O3S2. The van der Waals surface area contributed by atoms with Crippen molar-refractivity contribution in [2.24, 2.45) is 4.99 Å². The van der Waals surface area contributed by atoms with E-state index in [1.165, 1.54) is 37.6 Å². The molecule has 188 valence electrons. The van der Waals surface area contributed by atoms with Crippen molar-refractivity contribution in [1.82, 2.24) is 15.4 Å². The summed E-state index contributed by atoms with van der Waals surface area (Å²) < 4.78 is 91.0. The molecule has 3 heterocycles. The van der Waals surface area contributed by atoms with Crippen LogP contribution in [-0.2, 0) is 20.6 Å². The molecule has 7 nitrogen and oxygen atoms in total. The molecule has 3 aromatic heterocycles. The average Bonchev–Trinajstić information content (AvgIpc) is 3.24. The first-order chi connectivity index (χ1) is 16.3. The van der Waals surface area contributed by atoms with E-state index >= 15 is 0 Å². The molecule has 1 N–H and O–H groups in total. The van der Waals surface area contributed by atoms with E-state index in [9.17, 15) is 30.4 Å². The topological polar surface area (TPSA) is 93.5 Å². The fourth-order valence-corrected chi connectivity index (χ4v) is 4.84. The zero-order chi connectivity index (χ0) is 26.0. The Morgan fingerprint density at radius 2 is 1.86 bits per heavy atom. The van der Waals surface area contributed by atoms with Crippen LogP contribution in [0.4, 0.5) is 27.8 Å². The molecule has 0 saturated heterocycles. The minimum Gasteiger partial charge on any atom is -0.278 e. The number of thiophene rings is 1. The zero-order valence-corrected chi connectivity index (χ0v) is 20.3. The summed E-state index contributed by atoms with van der Waals surface area (Å²) in [6, 6.07) is 6.04. The summed E-state index contributed by atoms with van der Waals surface area (Å²) in [5.41, 5.74) is 1.26. The summed E-state index contributed by atoms with van der Waals surface area (Å²) in [6.07, 6.45) is -4.10. The Bertz CT molecular complexity index is 1340. The molecule has 0 aliphatic rings. The Morgan fingerprint density at radius 3 is 2.37 bits per heavy atom. The number of rotatable bonds is 7. The number of nitrogens with one attached hydrogen (secondary N) is 1. The number of amidine groups is 1. The summed E-state index contributed by atoms with van der Waals surface area (Å²) in [5.74, 6) is -5.96. The number of aliphatic imine (C=N–C) groups is 1. The van der Waals surface area contributed by atoms with E-state index in [4.69, 9.17) is 16.4 Å². The minimum absolute atomic E-state index is 0.174. The van der Waals surface area contributed by atoms with Gasteiger partial charge in [-0.1, -0.05) is 18.5 Å². The first-order valence-corrected chi connectivity index (χ1v) is 12.4. The molecule has 0 bridgehead atoms. The molecule has 35 heavy (non-hydrogen) atoms. The van der Waals surface area contributed by atoms with Crippen LogP contribution in [0, 0.1) is 0 Å². The van der Waals surface area contributed by atoms with Crippen molar-refractivity contribution in [1.29, 1.82) is 0 Å². The summed E-state index contributed by atoms with van der Waals surface area (Å²) in [4.78, 5) is 17.0. The molecule has 0 fully saturated rings. The third-order valence-corrected chi connectivity index (χ3v) is 7.56. The van der Waals surface area contributed by atoms with Gasteiger partial charge in [0.15, 0.2) is 21.5 Å². The molecule has 3 rings (SSSR count). The predicted octanol–water partition coefficient (Wildman–Crippen LogP) is 5.54. The molecule has 0 radical (unpaired) electrons. The second-order valence-electron chi connectivity index (χ2n) is 6.82.